The van der Waals surface area contributed by atoms with Crippen molar-refractivity contribution in [1.82, 2.24) is 19.8 Å². The number of carbonyl (C=O) groups excluding carboxylic acids is 1. The standard InChI is InChI=1S/C23H21ClFN5O2S/c24-17-13-16(25)2-4-18(17)27-23-28-22(31)21(33-23)12-15-1-3-19-20(11-15)30(14-26-19)6-5-29-7-9-32-10-8-29/h1-4,11-14H,5-10H2,(H,27,28,31)/b21-12+. The van der Waals surface area contributed by atoms with Crippen LogP contribution in [0.5, 0.6) is 0 Å². The maximum absolute atomic E-state index is 13.3. The van der Waals surface area contributed by atoms with E-state index >= 15 is 0 Å². The van der Waals surface area contributed by atoms with Gasteiger partial charge in [-0.2, -0.15) is 0 Å². The molecule has 2 aromatic carbocycles. The molecule has 0 aliphatic carbocycles. The van der Waals surface area contributed by atoms with Crippen LogP contribution in [-0.2, 0) is 16.1 Å². The van der Waals surface area contributed by atoms with Gasteiger partial charge in [0.2, 0.25) is 0 Å². The molecule has 2 aliphatic rings. The average Bonchev–Trinajstić information content (AvgIpc) is 3.37. The van der Waals surface area contributed by atoms with E-state index in [1.54, 1.807) is 0 Å². The lowest BCUT2D eigenvalue weighted by Gasteiger charge is -2.26. The normalized spacial score (nSPS) is 19.6. The zero-order chi connectivity index (χ0) is 22.8. The highest BCUT2D eigenvalue weighted by Crippen LogP contribution is 2.31. The van der Waals surface area contributed by atoms with E-state index in [4.69, 9.17) is 16.3 Å². The molecule has 2 aliphatic heterocycles. The lowest BCUT2D eigenvalue weighted by atomic mass is 10.2. The number of amides is 1. The predicted octanol–water partition coefficient (Wildman–Crippen LogP) is 4.05. The third kappa shape index (κ3) is 5.11. The Balaban J connectivity index is 1.34. The number of thioether (sulfide) groups is 1. The van der Waals surface area contributed by atoms with Crippen molar-refractivity contribution >= 4 is 57.2 Å². The fraction of sp³-hybridized carbons (Fsp3) is 0.261. The molecule has 0 spiro atoms. The van der Waals surface area contributed by atoms with E-state index in [0.717, 1.165) is 56.0 Å². The molecule has 2 fully saturated rings. The highest BCUT2D eigenvalue weighted by atomic mass is 35.5. The number of nitrogens with zero attached hydrogens (tertiary/aromatic N) is 4. The van der Waals surface area contributed by atoms with Crippen molar-refractivity contribution in [2.24, 2.45) is 4.99 Å². The van der Waals surface area contributed by atoms with Crippen molar-refractivity contribution in [2.75, 3.05) is 32.8 Å². The Labute approximate surface area is 199 Å². The van der Waals surface area contributed by atoms with Crippen LogP contribution in [0.25, 0.3) is 17.1 Å². The molecule has 10 heteroatoms. The number of imidazole rings is 1. The SMILES string of the molecule is O=C1NC(=Nc2ccc(F)cc2Cl)S/C1=C/c1ccc2ncn(CCN3CCOCC3)c2c1. The Morgan fingerprint density at radius 1 is 1.21 bits per heavy atom. The van der Waals surface area contributed by atoms with Gasteiger partial charge >= 0.3 is 0 Å². The van der Waals surface area contributed by atoms with Gasteiger partial charge in [0.15, 0.2) is 5.17 Å². The van der Waals surface area contributed by atoms with Crippen molar-refractivity contribution < 1.29 is 13.9 Å². The molecule has 2 saturated heterocycles. The van der Waals surface area contributed by atoms with E-state index in [2.05, 4.69) is 24.8 Å². The number of aromatic nitrogens is 2. The van der Waals surface area contributed by atoms with Crippen LogP contribution < -0.4 is 5.32 Å². The quantitative estimate of drug-likeness (QED) is 0.552. The highest BCUT2D eigenvalue weighted by Gasteiger charge is 2.24. The third-order valence-electron chi connectivity index (χ3n) is 5.49. The molecule has 0 atom stereocenters. The minimum absolute atomic E-state index is 0.186. The second kappa shape index (κ2) is 9.64. The van der Waals surface area contributed by atoms with E-state index in [1.165, 1.54) is 30.0 Å². The van der Waals surface area contributed by atoms with E-state index in [9.17, 15) is 9.18 Å². The van der Waals surface area contributed by atoms with Gasteiger partial charge in [0.05, 0.1) is 46.2 Å². The first-order valence-corrected chi connectivity index (χ1v) is 11.7. The van der Waals surface area contributed by atoms with Crippen molar-refractivity contribution in [3.05, 3.63) is 64.0 Å². The maximum Gasteiger partial charge on any atom is 0.264 e. The molecular formula is C23H21ClFN5O2S. The van der Waals surface area contributed by atoms with Crippen LogP contribution in [0.3, 0.4) is 0 Å². The molecule has 5 rings (SSSR count). The summed E-state index contributed by atoms with van der Waals surface area (Å²) in [6.45, 7) is 5.22. The first kappa shape index (κ1) is 22.1. The predicted molar refractivity (Wildman–Crippen MR) is 129 cm³/mol. The molecular weight excluding hydrogens is 465 g/mol. The van der Waals surface area contributed by atoms with Gasteiger partial charge in [0.25, 0.3) is 5.91 Å². The molecule has 7 nitrogen and oxygen atoms in total. The van der Waals surface area contributed by atoms with Crippen molar-refractivity contribution in [2.45, 2.75) is 6.54 Å². The molecule has 1 aromatic heterocycles. The number of nitrogens with one attached hydrogen (secondary N) is 1. The van der Waals surface area contributed by atoms with Gasteiger partial charge in [0, 0.05) is 26.2 Å². The number of hydrogen-bond acceptors (Lipinski definition) is 6. The molecule has 1 amide bonds. The monoisotopic (exact) mass is 485 g/mol. The summed E-state index contributed by atoms with van der Waals surface area (Å²) >= 11 is 7.26. The second-order valence-corrected chi connectivity index (χ2v) is 9.16. The van der Waals surface area contributed by atoms with Crippen molar-refractivity contribution in [3.63, 3.8) is 0 Å². The molecule has 170 valence electrons. The minimum atomic E-state index is -0.438. The first-order valence-electron chi connectivity index (χ1n) is 10.5. The largest absolute Gasteiger partial charge is 0.379 e. The number of amidine groups is 1. The van der Waals surface area contributed by atoms with Crippen LogP contribution in [-0.4, -0.2) is 58.4 Å². The van der Waals surface area contributed by atoms with E-state index in [-0.39, 0.29) is 10.9 Å². The Morgan fingerprint density at radius 2 is 2.06 bits per heavy atom. The number of morpholine rings is 1. The number of benzene rings is 2. The summed E-state index contributed by atoms with van der Waals surface area (Å²) in [6.07, 6.45) is 3.68. The number of ether oxygens (including phenoxy) is 1. The topological polar surface area (TPSA) is 71.8 Å². The number of aliphatic imine (C=N–C) groups is 1. The lowest BCUT2D eigenvalue weighted by molar-refractivity contribution is -0.115. The van der Waals surface area contributed by atoms with Gasteiger partial charge in [-0.3, -0.25) is 9.69 Å². The fourth-order valence-corrected chi connectivity index (χ4v) is 4.77. The minimum Gasteiger partial charge on any atom is -0.379 e. The first-order chi connectivity index (χ1) is 16.0. The van der Waals surface area contributed by atoms with Gasteiger partial charge in [-0.1, -0.05) is 17.7 Å². The summed E-state index contributed by atoms with van der Waals surface area (Å²) in [7, 11) is 0. The summed E-state index contributed by atoms with van der Waals surface area (Å²) in [5.41, 5.74) is 3.23. The Hall–Kier alpha value is -2.72. The highest BCUT2D eigenvalue weighted by molar-refractivity contribution is 8.18. The summed E-state index contributed by atoms with van der Waals surface area (Å²) < 4.78 is 20.8. The molecule has 3 heterocycles. The molecule has 0 unspecified atom stereocenters. The van der Waals surface area contributed by atoms with E-state index in [1.807, 2.05) is 30.6 Å². The Bertz CT molecular complexity index is 1270. The summed E-state index contributed by atoms with van der Waals surface area (Å²) in [4.78, 5) is 24.2. The van der Waals surface area contributed by atoms with Crippen molar-refractivity contribution in [3.8, 4) is 0 Å². The summed E-state index contributed by atoms with van der Waals surface area (Å²) in [5.74, 6) is -0.676. The number of fused-ring (bicyclic) bond motifs is 1. The maximum atomic E-state index is 13.3. The zero-order valence-corrected chi connectivity index (χ0v) is 19.2. The molecule has 0 radical (unpaired) electrons. The second-order valence-electron chi connectivity index (χ2n) is 7.72. The molecule has 0 bridgehead atoms. The number of carbonyl (C=O) groups is 1. The van der Waals surface area contributed by atoms with Crippen LogP contribution in [0.2, 0.25) is 5.02 Å². The van der Waals surface area contributed by atoms with Crippen LogP contribution in [0, 0.1) is 5.82 Å². The number of rotatable bonds is 5. The lowest BCUT2D eigenvalue weighted by Crippen LogP contribution is -2.38. The van der Waals surface area contributed by atoms with Crippen LogP contribution in [0.4, 0.5) is 10.1 Å². The molecule has 0 saturated carbocycles. The van der Waals surface area contributed by atoms with E-state index < -0.39 is 5.82 Å². The van der Waals surface area contributed by atoms with Crippen LogP contribution in [0.1, 0.15) is 5.56 Å². The van der Waals surface area contributed by atoms with Crippen molar-refractivity contribution in [1.29, 1.82) is 0 Å². The summed E-state index contributed by atoms with van der Waals surface area (Å²) in [5, 5.41) is 3.32. The number of halogens is 2. The smallest absolute Gasteiger partial charge is 0.264 e. The van der Waals surface area contributed by atoms with Gasteiger partial charge < -0.3 is 14.6 Å². The summed E-state index contributed by atoms with van der Waals surface area (Å²) in [6, 6.07) is 9.88. The van der Waals surface area contributed by atoms with Crippen LogP contribution >= 0.6 is 23.4 Å². The zero-order valence-electron chi connectivity index (χ0n) is 17.6. The molecule has 3 aromatic rings. The van der Waals surface area contributed by atoms with Gasteiger partial charge in [-0.15, -0.1) is 0 Å². The van der Waals surface area contributed by atoms with E-state index in [0.29, 0.717) is 15.8 Å². The molecule has 33 heavy (non-hydrogen) atoms. The van der Waals surface area contributed by atoms with Gasteiger partial charge in [-0.05, 0) is 53.7 Å². The van der Waals surface area contributed by atoms with Gasteiger partial charge in [-0.25, -0.2) is 14.4 Å². The Morgan fingerprint density at radius 3 is 2.88 bits per heavy atom. The third-order valence-corrected chi connectivity index (χ3v) is 6.70. The van der Waals surface area contributed by atoms with Gasteiger partial charge in [0.1, 0.15) is 5.82 Å². The Kier molecular flexibility index (Phi) is 6.45. The van der Waals surface area contributed by atoms with Crippen LogP contribution in [0.15, 0.2) is 52.6 Å². The number of hydrogen-bond donors (Lipinski definition) is 1. The molecule has 1 N–H and O–H groups in total. The fourth-order valence-electron chi connectivity index (χ4n) is 3.73. The average molecular weight is 486 g/mol.